The van der Waals surface area contributed by atoms with E-state index in [0.717, 1.165) is 26.2 Å². The molecule has 0 heterocycles. The lowest BCUT2D eigenvalue weighted by Crippen LogP contribution is -2.35. The summed E-state index contributed by atoms with van der Waals surface area (Å²) in [6, 6.07) is 0.665. The van der Waals surface area contributed by atoms with E-state index in [1.165, 1.54) is 12.0 Å². The quantitative estimate of drug-likeness (QED) is 0.602. The molecule has 84 valence electrons. The molecule has 1 atom stereocenters. The van der Waals surface area contributed by atoms with Crippen LogP contribution in [-0.2, 0) is 0 Å². The molecule has 14 heavy (non-hydrogen) atoms. The molecule has 0 aromatic heterocycles. The van der Waals surface area contributed by atoms with E-state index in [1.807, 2.05) is 0 Å². The molecule has 0 saturated heterocycles. The maximum Gasteiger partial charge on any atom is 0.0205 e. The maximum absolute atomic E-state index is 4.09. The highest BCUT2D eigenvalue weighted by molar-refractivity contribution is 5.00. The monoisotopic (exact) mass is 198 g/mol. The van der Waals surface area contributed by atoms with Gasteiger partial charge in [-0.25, -0.2) is 0 Å². The lowest BCUT2D eigenvalue weighted by atomic mass is 10.2. The number of nitrogens with zero attached hydrogens (tertiary/aromatic N) is 1. The van der Waals surface area contributed by atoms with Gasteiger partial charge in [-0.05, 0) is 32.0 Å². The van der Waals surface area contributed by atoms with Crippen LogP contribution >= 0.6 is 0 Å². The first-order valence-corrected chi connectivity index (χ1v) is 5.77. The molecule has 0 rings (SSSR count). The summed E-state index contributed by atoms with van der Waals surface area (Å²) in [5.41, 5.74) is 1.29. The second kappa shape index (κ2) is 8.01. The van der Waals surface area contributed by atoms with Crippen molar-refractivity contribution in [3.63, 3.8) is 0 Å². The molecule has 2 heteroatoms. The molecule has 0 aliphatic heterocycles. The minimum atomic E-state index is 0.665. The molecule has 0 radical (unpaired) electrons. The van der Waals surface area contributed by atoms with Crippen LogP contribution in [0.5, 0.6) is 0 Å². The van der Waals surface area contributed by atoms with Crippen LogP contribution in [0.15, 0.2) is 12.2 Å². The van der Waals surface area contributed by atoms with Gasteiger partial charge in [0.2, 0.25) is 0 Å². The van der Waals surface area contributed by atoms with Crippen LogP contribution < -0.4 is 5.32 Å². The van der Waals surface area contributed by atoms with Gasteiger partial charge < -0.3 is 5.32 Å². The zero-order chi connectivity index (χ0) is 11.0. The predicted molar refractivity (Wildman–Crippen MR) is 64.7 cm³/mol. The van der Waals surface area contributed by atoms with Gasteiger partial charge in [0.05, 0.1) is 0 Å². The summed E-state index contributed by atoms with van der Waals surface area (Å²) in [7, 11) is 0. The van der Waals surface area contributed by atoms with Gasteiger partial charge in [-0.15, -0.1) is 0 Å². The summed E-state index contributed by atoms with van der Waals surface area (Å²) in [5.74, 6) is 0. The van der Waals surface area contributed by atoms with E-state index in [0.29, 0.717) is 6.04 Å². The average molecular weight is 198 g/mol. The second-order valence-electron chi connectivity index (χ2n) is 3.85. The number of rotatable bonds is 8. The van der Waals surface area contributed by atoms with Gasteiger partial charge in [-0.3, -0.25) is 4.90 Å². The van der Waals surface area contributed by atoms with Crippen LogP contribution in [0.4, 0.5) is 0 Å². The highest BCUT2D eigenvalue weighted by Gasteiger charge is 2.10. The van der Waals surface area contributed by atoms with E-state index < -0.39 is 0 Å². The molecule has 0 aliphatic carbocycles. The summed E-state index contributed by atoms with van der Waals surface area (Å²) in [5, 5.41) is 3.31. The van der Waals surface area contributed by atoms with E-state index in [4.69, 9.17) is 0 Å². The van der Waals surface area contributed by atoms with Gasteiger partial charge in [0.15, 0.2) is 0 Å². The normalized spacial score (nSPS) is 13.2. The molecular weight excluding hydrogens is 172 g/mol. The van der Waals surface area contributed by atoms with Crippen molar-refractivity contribution >= 4 is 0 Å². The molecule has 0 fully saturated rings. The second-order valence-corrected chi connectivity index (χ2v) is 3.85. The Hall–Kier alpha value is -0.340. The maximum atomic E-state index is 4.09. The number of hydrogen-bond donors (Lipinski definition) is 1. The van der Waals surface area contributed by atoms with Crippen molar-refractivity contribution in [3.8, 4) is 0 Å². The van der Waals surface area contributed by atoms with Gasteiger partial charge in [-0.2, -0.15) is 0 Å². The van der Waals surface area contributed by atoms with Crippen molar-refractivity contribution in [2.24, 2.45) is 0 Å². The van der Waals surface area contributed by atoms with Gasteiger partial charge in [-0.1, -0.05) is 27.4 Å². The SMILES string of the molecule is C=C(CNCC)CN(CC)C(C)CC. The largest absolute Gasteiger partial charge is 0.313 e. The minimum Gasteiger partial charge on any atom is -0.313 e. The van der Waals surface area contributed by atoms with Gasteiger partial charge >= 0.3 is 0 Å². The average Bonchev–Trinajstić information content (AvgIpc) is 2.21. The van der Waals surface area contributed by atoms with Gasteiger partial charge in [0.25, 0.3) is 0 Å². The van der Waals surface area contributed by atoms with E-state index in [2.05, 4.69) is 44.5 Å². The van der Waals surface area contributed by atoms with E-state index in [1.54, 1.807) is 0 Å². The van der Waals surface area contributed by atoms with Crippen molar-refractivity contribution in [2.45, 2.75) is 40.2 Å². The number of hydrogen-bond acceptors (Lipinski definition) is 2. The molecule has 0 aromatic carbocycles. The first-order chi connectivity index (χ1) is 6.65. The lowest BCUT2D eigenvalue weighted by Gasteiger charge is -2.27. The Kier molecular flexibility index (Phi) is 7.81. The standard InChI is InChI=1S/C12H26N2/c1-6-12(5)14(8-3)10-11(4)9-13-7-2/h12-13H,4,6-10H2,1-3,5H3. The topological polar surface area (TPSA) is 15.3 Å². The third kappa shape index (κ3) is 5.40. The van der Waals surface area contributed by atoms with Crippen LogP contribution in [0.25, 0.3) is 0 Å². The van der Waals surface area contributed by atoms with E-state index >= 15 is 0 Å². The van der Waals surface area contributed by atoms with Crippen LogP contribution in [0.2, 0.25) is 0 Å². The molecule has 1 unspecified atom stereocenters. The Labute approximate surface area is 89.4 Å². The first-order valence-electron chi connectivity index (χ1n) is 5.77. The fourth-order valence-corrected chi connectivity index (χ4v) is 1.48. The number of likely N-dealkylation sites (N-methyl/N-ethyl adjacent to an activating group) is 2. The van der Waals surface area contributed by atoms with Crippen LogP contribution in [0.3, 0.4) is 0 Å². The Morgan fingerprint density at radius 1 is 1.36 bits per heavy atom. The Morgan fingerprint density at radius 2 is 2.00 bits per heavy atom. The Bertz CT molecular complexity index is 154. The van der Waals surface area contributed by atoms with E-state index in [9.17, 15) is 0 Å². The Balaban J connectivity index is 3.85. The molecule has 1 N–H and O–H groups in total. The van der Waals surface area contributed by atoms with Crippen LogP contribution in [0.1, 0.15) is 34.1 Å². The fourth-order valence-electron chi connectivity index (χ4n) is 1.48. The first kappa shape index (κ1) is 13.7. The van der Waals surface area contributed by atoms with Crippen molar-refractivity contribution < 1.29 is 0 Å². The molecule has 0 bridgehead atoms. The molecule has 0 amide bonds. The van der Waals surface area contributed by atoms with E-state index in [-0.39, 0.29) is 0 Å². The molecular formula is C12H26N2. The molecule has 0 aliphatic rings. The van der Waals surface area contributed by atoms with Crippen LogP contribution in [0, 0.1) is 0 Å². The Morgan fingerprint density at radius 3 is 2.43 bits per heavy atom. The minimum absolute atomic E-state index is 0.665. The summed E-state index contributed by atoms with van der Waals surface area (Å²) >= 11 is 0. The molecule has 0 aromatic rings. The van der Waals surface area contributed by atoms with Crippen molar-refractivity contribution in [1.29, 1.82) is 0 Å². The smallest absolute Gasteiger partial charge is 0.0205 e. The zero-order valence-corrected chi connectivity index (χ0v) is 10.3. The molecule has 2 nitrogen and oxygen atoms in total. The summed E-state index contributed by atoms with van der Waals surface area (Å²) in [6.07, 6.45) is 1.21. The van der Waals surface area contributed by atoms with Crippen molar-refractivity contribution in [2.75, 3.05) is 26.2 Å². The summed E-state index contributed by atoms with van der Waals surface area (Å²) in [6.45, 7) is 17.1. The number of nitrogens with one attached hydrogen (secondary N) is 1. The van der Waals surface area contributed by atoms with Gasteiger partial charge in [0, 0.05) is 19.1 Å². The predicted octanol–water partition coefficient (Wildman–Crippen LogP) is 2.27. The third-order valence-corrected chi connectivity index (χ3v) is 2.67. The highest BCUT2D eigenvalue weighted by Crippen LogP contribution is 2.05. The van der Waals surface area contributed by atoms with Crippen LogP contribution in [-0.4, -0.2) is 37.1 Å². The highest BCUT2D eigenvalue weighted by atomic mass is 15.1. The van der Waals surface area contributed by atoms with Crippen molar-refractivity contribution in [3.05, 3.63) is 12.2 Å². The zero-order valence-electron chi connectivity index (χ0n) is 10.3. The lowest BCUT2D eigenvalue weighted by molar-refractivity contribution is 0.232. The van der Waals surface area contributed by atoms with Gasteiger partial charge in [0.1, 0.15) is 0 Å². The van der Waals surface area contributed by atoms with Crippen molar-refractivity contribution in [1.82, 2.24) is 10.2 Å². The fraction of sp³-hybridized carbons (Fsp3) is 0.833. The summed E-state index contributed by atoms with van der Waals surface area (Å²) in [4.78, 5) is 2.47. The third-order valence-electron chi connectivity index (χ3n) is 2.67. The molecule has 0 spiro atoms. The molecule has 0 saturated carbocycles. The summed E-state index contributed by atoms with van der Waals surface area (Å²) < 4.78 is 0.